The number of ketones is 1. The van der Waals surface area contributed by atoms with Crippen molar-refractivity contribution >= 4 is 17.7 Å². The van der Waals surface area contributed by atoms with Crippen LogP contribution in [-0.2, 0) is 9.53 Å². The van der Waals surface area contributed by atoms with Crippen LogP contribution in [0.4, 0.5) is 0 Å². The fraction of sp³-hybridized carbons (Fsp3) is 0.160. The quantitative estimate of drug-likeness (QED) is 0.453. The van der Waals surface area contributed by atoms with Crippen LogP contribution in [-0.4, -0.2) is 31.1 Å². The third-order valence-corrected chi connectivity index (χ3v) is 5.03. The summed E-state index contributed by atoms with van der Waals surface area (Å²) in [6, 6.07) is 20.1. The Morgan fingerprint density at radius 2 is 1.53 bits per heavy atom. The topological polar surface area (TPSA) is 90.9 Å². The molecule has 0 aromatic heterocycles. The minimum absolute atomic E-state index is 0.137. The van der Waals surface area contributed by atoms with E-state index in [-0.39, 0.29) is 24.2 Å². The average Bonchev–Trinajstić information content (AvgIpc) is 3.30. The molecule has 162 valence electrons. The zero-order valence-electron chi connectivity index (χ0n) is 17.4. The second kappa shape index (κ2) is 9.34. The highest BCUT2D eigenvalue weighted by Gasteiger charge is 2.18. The molecule has 0 fully saturated rings. The van der Waals surface area contributed by atoms with E-state index in [4.69, 9.17) is 14.2 Å². The van der Waals surface area contributed by atoms with Crippen LogP contribution in [0.2, 0.25) is 0 Å². The first-order chi connectivity index (χ1) is 15.5. The van der Waals surface area contributed by atoms with Gasteiger partial charge in [-0.15, -0.1) is 0 Å². The van der Waals surface area contributed by atoms with Gasteiger partial charge in [-0.1, -0.05) is 48.5 Å². The van der Waals surface area contributed by atoms with Crippen LogP contribution >= 0.6 is 0 Å². The van der Waals surface area contributed by atoms with Gasteiger partial charge in [-0.3, -0.25) is 9.59 Å². The summed E-state index contributed by atoms with van der Waals surface area (Å²) in [5, 5.41) is 2.78. The van der Waals surface area contributed by atoms with Crippen LogP contribution in [0.3, 0.4) is 0 Å². The minimum atomic E-state index is -0.644. The van der Waals surface area contributed by atoms with Gasteiger partial charge in [-0.05, 0) is 36.8 Å². The number of nitrogens with one attached hydrogen (secondary N) is 1. The van der Waals surface area contributed by atoms with Gasteiger partial charge in [-0.2, -0.15) is 0 Å². The SMILES string of the molecule is CC(NC(=O)COC(=O)c1ccc(C(=O)c2ccccc2)cc1)c1ccc2c(c1)OCO2. The molecule has 3 aromatic carbocycles. The largest absolute Gasteiger partial charge is 0.454 e. The fourth-order valence-corrected chi connectivity index (χ4v) is 3.28. The van der Waals surface area contributed by atoms with E-state index in [1.807, 2.05) is 19.1 Å². The number of hydrogen-bond donors (Lipinski definition) is 1. The summed E-state index contributed by atoms with van der Waals surface area (Å²) >= 11 is 0. The Hall–Kier alpha value is -4.13. The van der Waals surface area contributed by atoms with Crippen LogP contribution in [0, 0.1) is 0 Å². The van der Waals surface area contributed by atoms with Crippen molar-refractivity contribution in [3.8, 4) is 11.5 Å². The molecule has 3 aromatic rings. The number of hydrogen-bond acceptors (Lipinski definition) is 6. The molecule has 1 amide bonds. The van der Waals surface area contributed by atoms with Crippen LogP contribution in [0.25, 0.3) is 0 Å². The molecule has 1 heterocycles. The molecule has 1 N–H and O–H groups in total. The molecule has 32 heavy (non-hydrogen) atoms. The highest BCUT2D eigenvalue weighted by Crippen LogP contribution is 2.34. The van der Waals surface area contributed by atoms with Crippen molar-refractivity contribution in [2.75, 3.05) is 13.4 Å². The molecule has 0 saturated heterocycles. The third kappa shape index (κ3) is 4.78. The van der Waals surface area contributed by atoms with Crippen LogP contribution in [0.5, 0.6) is 11.5 Å². The summed E-state index contributed by atoms with van der Waals surface area (Å²) in [5.74, 6) is 0.0818. The van der Waals surface area contributed by atoms with E-state index < -0.39 is 18.5 Å². The maximum atomic E-state index is 12.4. The lowest BCUT2D eigenvalue weighted by atomic mass is 10.0. The maximum absolute atomic E-state index is 12.4. The molecule has 0 saturated carbocycles. The van der Waals surface area contributed by atoms with Crippen LogP contribution < -0.4 is 14.8 Å². The van der Waals surface area contributed by atoms with Gasteiger partial charge in [0.25, 0.3) is 5.91 Å². The number of esters is 1. The summed E-state index contributed by atoms with van der Waals surface area (Å²) < 4.78 is 15.7. The number of rotatable bonds is 7. The Morgan fingerprint density at radius 1 is 0.875 bits per heavy atom. The Kier molecular flexibility index (Phi) is 6.17. The first-order valence-electron chi connectivity index (χ1n) is 10.1. The highest BCUT2D eigenvalue weighted by molar-refractivity contribution is 6.09. The fourth-order valence-electron chi connectivity index (χ4n) is 3.28. The predicted molar refractivity (Wildman–Crippen MR) is 116 cm³/mol. The van der Waals surface area contributed by atoms with Crippen LogP contribution in [0.15, 0.2) is 72.8 Å². The van der Waals surface area contributed by atoms with Crippen molar-refractivity contribution in [2.24, 2.45) is 0 Å². The molecular formula is C25H21NO6. The summed E-state index contributed by atoms with van der Waals surface area (Å²) in [7, 11) is 0. The summed E-state index contributed by atoms with van der Waals surface area (Å²) in [6.45, 7) is 1.58. The van der Waals surface area contributed by atoms with E-state index >= 15 is 0 Å². The zero-order chi connectivity index (χ0) is 22.5. The number of amides is 1. The van der Waals surface area contributed by atoms with Gasteiger partial charge in [-0.25, -0.2) is 4.79 Å². The average molecular weight is 431 g/mol. The zero-order valence-corrected chi connectivity index (χ0v) is 17.4. The van der Waals surface area contributed by atoms with Gasteiger partial charge in [0.1, 0.15) is 0 Å². The van der Waals surface area contributed by atoms with E-state index in [2.05, 4.69) is 5.32 Å². The molecule has 1 aliphatic heterocycles. The number of benzene rings is 3. The molecule has 0 bridgehead atoms. The van der Waals surface area contributed by atoms with Gasteiger partial charge in [0, 0.05) is 11.1 Å². The second-order valence-corrected chi connectivity index (χ2v) is 7.25. The molecule has 7 heteroatoms. The van der Waals surface area contributed by atoms with Crippen molar-refractivity contribution in [3.63, 3.8) is 0 Å². The molecule has 4 rings (SSSR count). The monoisotopic (exact) mass is 431 g/mol. The minimum Gasteiger partial charge on any atom is -0.454 e. The Bertz CT molecular complexity index is 1140. The molecule has 7 nitrogen and oxygen atoms in total. The lowest BCUT2D eigenvalue weighted by Crippen LogP contribution is -2.31. The van der Waals surface area contributed by atoms with E-state index in [0.717, 1.165) is 5.56 Å². The number of carbonyl (C=O) groups excluding carboxylic acids is 3. The lowest BCUT2D eigenvalue weighted by Gasteiger charge is -2.15. The first kappa shape index (κ1) is 21.1. The van der Waals surface area contributed by atoms with Gasteiger partial charge in [0.15, 0.2) is 23.9 Å². The van der Waals surface area contributed by atoms with Crippen molar-refractivity contribution in [3.05, 3.63) is 95.1 Å². The Morgan fingerprint density at radius 3 is 2.28 bits per heavy atom. The van der Waals surface area contributed by atoms with Gasteiger partial charge < -0.3 is 19.5 Å². The van der Waals surface area contributed by atoms with E-state index in [9.17, 15) is 14.4 Å². The Balaban J connectivity index is 1.29. The second-order valence-electron chi connectivity index (χ2n) is 7.25. The Labute approximate surface area is 184 Å². The molecule has 1 atom stereocenters. The van der Waals surface area contributed by atoms with Gasteiger partial charge in [0.2, 0.25) is 6.79 Å². The highest BCUT2D eigenvalue weighted by atomic mass is 16.7. The smallest absolute Gasteiger partial charge is 0.338 e. The molecule has 0 spiro atoms. The number of fused-ring (bicyclic) bond motifs is 1. The molecule has 1 unspecified atom stereocenters. The third-order valence-electron chi connectivity index (χ3n) is 5.03. The van der Waals surface area contributed by atoms with Gasteiger partial charge >= 0.3 is 5.97 Å². The van der Waals surface area contributed by atoms with E-state index in [1.54, 1.807) is 48.5 Å². The number of ether oxygens (including phenoxy) is 3. The van der Waals surface area contributed by atoms with E-state index in [0.29, 0.717) is 22.6 Å². The summed E-state index contributed by atoms with van der Waals surface area (Å²) in [6.07, 6.45) is 0. The normalized spacial score (nSPS) is 12.7. The number of carbonyl (C=O) groups is 3. The summed E-state index contributed by atoms with van der Waals surface area (Å²) in [4.78, 5) is 36.9. The molecule has 1 aliphatic rings. The van der Waals surface area contributed by atoms with Crippen molar-refractivity contribution in [2.45, 2.75) is 13.0 Å². The van der Waals surface area contributed by atoms with Crippen molar-refractivity contribution < 1.29 is 28.6 Å². The van der Waals surface area contributed by atoms with Gasteiger partial charge in [0.05, 0.1) is 11.6 Å². The van der Waals surface area contributed by atoms with E-state index in [1.165, 1.54) is 12.1 Å². The summed E-state index contributed by atoms with van der Waals surface area (Å²) in [5.41, 5.74) is 2.12. The standard InChI is InChI=1S/C25H21NO6/c1-16(20-11-12-21-22(13-20)32-15-31-21)26-23(27)14-30-25(29)19-9-7-18(8-10-19)24(28)17-5-3-2-4-6-17/h2-13,16H,14-15H2,1H3,(H,26,27). The molecule has 0 radical (unpaired) electrons. The first-order valence-corrected chi connectivity index (χ1v) is 10.1. The molecular weight excluding hydrogens is 410 g/mol. The van der Waals surface area contributed by atoms with Crippen LogP contribution in [0.1, 0.15) is 44.8 Å². The molecule has 0 aliphatic carbocycles. The maximum Gasteiger partial charge on any atom is 0.338 e. The lowest BCUT2D eigenvalue weighted by molar-refractivity contribution is -0.124. The predicted octanol–water partition coefficient (Wildman–Crippen LogP) is 3.68. The van der Waals surface area contributed by atoms with Crippen molar-refractivity contribution in [1.29, 1.82) is 0 Å². The van der Waals surface area contributed by atoms with Crippen molar-refractivity contribution in [1.82, 2.24) is 5.32 Å².